The zero-order valence-electron chi connectivity index (χ0n) is 9.80. The van der Waals surface area contributed by atoms with E-state index in [0.717, 1.165) is 0 Å². The van der Waals surface area contributed by atoms with Gasteiger partial charge in [-0.15, -0.1) is 23.2 Å². The summed E-state index contributed by atoms with van der Waals surface area (Å²) in [7, 11) is 0. The maximum absolute atomic E-state index is 12.3. The Morgan fingerprint density at radius 2 is 1.75 bits per heavy atom. The van der Waals surface area contributed by atoms with E-state index in [0.29, 0.717) is 19.5 Å². The van der Waals surface area contributed by atoms with Gasteiger partial charge < -0.3 is 9.64 Å². The van der Waals surface area contributed by atoms with E-state index in [1.807, 2.05) is 25.7 Å². The Balaban J connectivity index is 2.06. The molecule has 1 aliphatic carbocycles. The molecule has 0 spiro atoms. The van der Waals surface area contributed by atoms with Crippen LogP contribution in [-0.2, 0) is 9.53 Å². The predicted molar refractivity (Wildman–Crippen MR) is 63.8 cm³/mol. The van der Waals surface area contributed by atoms with Gasteiger partial charge in [0.1, 0.15) is 4.33 Å². The first-order valence-electron chi connectivity index (χ1n) is 5.59. The Morgan fingerprint density at radius 3 is 2.12 bits per heavy atom. The number of hydrogen-bond acceptors (Lipinski definition) is 2. The molecule has 5 heteroatoms. The first kappa shape index (κ1) is 12.5. The number of hydrogen-bond donors (Lipinski definition) is 0. The second-order valence-electron chi connectivity index (χ2n) is 5.18. The highest BCUT2D eigenvalue weighted by molar-refractivity contribution is 6.53. The summed E-state index contributed by atoms with van der Waals surface area (Å²) in [6.45, 7) is 7.03. The SMILES string of the molecule is C[C@@H]1CN(C(=O)[C@@]2(C)CC2(Cl)Cl)C[C@@H](C)O1. The van der Waals surface area contributed by atoms with E-state index in [2.05, 4.69) is 0 Å². The molecule has 16 heavy (non-hydrogen) atoms. The second-order valence-corrected chi connectivity index (χ2v) is 6.66. The van der Waals surface area contributed by atoms with E-state index in [4.69, 9.17) is 27.9 Å². The minimum Gasteiger partial charge on any atom is -0.372 e. The first-order chi connectivity index (χ1) is 7.26. The molecule has 3 atom stereocenters. The fraction of sp³-hybridized carbons (Fsp3) is 0.909. The summed E-state index contributed by atoms with van der Waals surface area (Å²) in [5, 5.41) is 0. The van der Waals surface area contributed by atoms with Crippen LogP contribution in [0.2, 0.25) is 0 Å². The number of morpholine rings is 1. The van der Waals surface area contributed by atoms with Crippen LogP contribution in [0.25, 0.3) is 0 Å². The van der Waals surface area contributed by atoms with Crippen molar-refractivity contribution in [2.24, 2.45) is 5.41 Å². The van der Waals surface area contributed by atoms with Crippen LogP contribution in [0.3, 0.4) is 0 Å². The maximum Gasteiger partial charge on any atom is 0.231 e. The quantitative estimate of drug-likeness (QED) is 0.681. The Morgan fingerprint density at radius 1 is 1.31 bits per heavy atom. The highest BCUT2D eigenvalue weighted by Gasteiger charge is 2.68. The number of alkyl halides is 2. The Kier molecular flexibility index (Phi) is 2.93. The number of halogens is 2. The van der Waals surface area contributed by atoms with E-state index in [-0.39, 0.29) is 18.1 Å². The monoisotopic (exact) mass is 265 g/mol. The van der Waals surface area contributed by atoms with Crippen LogP contribution in [0.15, 0.2) is 0 Å². The molecule has 0 aromatic rings. The summed E-state index contributed by atoms with van der Waals surface area (Å²) in [5.74, 6) is 0.0551. The number of rotatable bonds is 1. The fourth-order valence-electron chi connectivity index (χ4n) is 2.32. The third-order valence-corrected chi connectivity index (χ3v) is 4.54. The van der Waals surface area contributed by atoms with Crippen molar-refractivity contribution in [2.75, 3.05) is 13.1 Å². The molecule has 1 amide bonds. The molecule has 0 aromatic carbocycles. The average Bonchev–Trinajstić information content (AvgIpc) is 2.64. The van der Waals surface area contributed by atoms with Crippen LogP contribution >= 0.6 is 23.2 Å². The van der Waals surface area contributed by atoms with Gasteiger partial charge in [0.2, 0.25) is 5.91 Å². The van der Waals surface area contributed by atoms with Gasteiger partial charge in [0.15, 0.2) is 0 Å². The maximum atomic E-state index is 12.3. The summed E-state index contributed by atoms with van der Waals surface area (Å²) < 4.78 is 4.71. The lowest BCUT2D eigenvalue weighted by atomic mass is 10.1. The normalized spacial score (nSPS) is 41.9. The Labute approximate surface area is 106 Å². The number of amides is 1. The van der Waals surface area contributed by atoms with Crippen molar-refractivity contribution in [3.63, 3.8) is 0 Å². The van der Waals surface area contributed by atoms with Crippen molar-refractivity contribution in [1.82, 2.24) is 4.90 Å². The molecule has 2 rings (SSSR count). The summed E-state index contributed by atoms with van der Waals surface area (Å²) in [4.78, 5) is 14.1. The first-order valence-corrected chi connectivity index (χ1v) is 6.34. The lowest BCUT2D eigenvalue weighted by Gasteiger charge is -2.37. The zero-order valence-corrected chi connectivity index (χ0v) is 11.3. The van der Waals surface area contributed by atoms with Gasteiger partial charge in [0, 0.05) is 13.1 Å². The summed E-state index contributed by atoms with van der Waals surface area (Å²) >= 11 is 12.0. The third kappa shape index (κ3) is 1.93. The smallest absolute Gasteiger partial charge is 0.231 e. The highest BCUT2D eigenvalue weighted by Crippen LogP contribution is 2.64. The molecule has 0 N–H and O–H groups in total. The minimum absolute atomic E-state index is 0.0551. The van der Waals surface area contributed by atoms with Crippen molar-refractivity contribution in [2.45, 2.75) is 43.7 Å². The largest absolute Gasteiger partial charge is 0.372 e. The number of carbonyl (C=O) groups excluding carboxylic acids is 1. The van der Waals surface area contributed by atoms with E-state index in [1.165, 1.54) is 0 Å². The number of nitrogens with zero attached hydrogens (tertiary/aromatic N) is 1. The average molecular weight is 266 g/mol. The standard InChI is InChI=1S/C11H17Cl2NO2/c1-7-4-14(5-8(2)16-7)9(15)10(3)6-11(10,12)13/h7-8H,4-6H2,1-3H3/t7-,8-,10-/m1/s1. The molecule has 0 radical (unpaired) electrons. The molecule has 3 nitrogen and oxygen atoms in total. The van der Waals surface area contributed by atoms with E-state index < -0.39 is 9.75 Å². The van der Waals surface area contributed by atoms with Gasteiger partial charge in [0.25, 0.3) is 0 Å². The van der Waals surface area contributed by atoms with Gasteiger partial charge in [-0.25, -0.2) is 0 Å². The zero-order chi connectivity index (χ0) is 12.1. The highest BCUT2D eigenvalue weighted by atomic mass is 35.5. The van der Waals surface area contributed by atoms with Crippen LogP contribution in [0.5, 0.6) is 0 Å². The van der Waals surface area contributed by atoms with Crippen molar-refractivity contribution in [3.05, 3.63) is 0 Å². The molecule has 1 aliphatic heterocycles. The summed E-state index contributed by atoms with van der Waals surface area (Å²) in [6, 6.07) is 0. The van der Waals surface area contributed by atoms with Gasteiger partial charge in [-0.3, -0.25) is 4.79 Å². The van der Waals surface area contributed by atoms with Crippen molar-refractivity contribution in [1.29, 1.82) is 0 Å². The molecule has 1 saturated carbocycles. The van der Waals surface area contributed by atoms with Crippen LogP contribution in [0, 0.1) is 5.41 Å². The molecule has 1 saturated heterocycles. The van der Waals surface area contributed by atoms with E-state index in [9.17, 15) is 4.79 Å². The number of carbonyl (C=O) groups is 1. The minimum atomic E-state index is -0.880. The van der Waals surface area contributed by atoms with Crippen molar-refractivity contribution >= 4 is 29.1 Å². The molecule has 92 valence electrons. The lowest BCUT2D eigenvalue weighted by Crippen LogP contribution is -2.50. The van der Waals surface area contributed by atoms with E-state index >= 15 is 0 Å². The Bertz CT molecular complexity index is 311. The second kappa shape index (κ2) is 3.76. The van der Waals surface area contributed by atoms with Crippen LogP contribution in [-0.4, -0.2) is 40.4 Å². The topological polar surface area (TPSA) is 29.5 Å². The van der Waals surface area contributed by atoms with E-state index in [1.54, 1.807) is 0 Å². The summed E-state index contributed by atoms with van der Waals surface area (Å²) in [5.41, 5.74) is -0.604. The molecular formula is C11H17Cl2NO2. The van der Waals surface area contributed by atoms with Crippen LogP contribution < -0.4 is 0 Å². The molecule has 0 bridgehead atoms. The molecule has 0 aromatic heterocycles. The number of ether oxygens (including phenoxy) is 1. The van der Waals surface area contributed by atoms with Crippen molar-refractivity contribution < 1.29 is 9.53 Å². The van der Waals surface area contributed by atoms with Gasteiger partial charge in [-0.1, -0.05) is 0 Å². The molecule has 2 aliphatic rings. The predicted octanol–water partition coefficient (Wildman–Crippen LogP) is 2.21. The van der Waals surface area contributed by atoms with Gasteiger partial charge in [0.05, 0.1) is 17.6 Å². The fourth-order valence-corrected chi connectivity index (χ4v) is 3.02. The third-order valence-electron chi connectivity index (χ3n) is 3.44. The van der Waals surface area contributed by atoms with Crippen LogP contribution in [0.1, 0.15) is 27.2 Å². The van der Waals surface area contributed by atoms with Crippen molar-refractivity contribution in [3.8, 4) is 0 Å². The van der Waals surface area contributed by atoms with Gasteiger partial charge >= 0.3 is 0 Å². The molecular weight excluding hydrogens is 249 g/mol. The molecule has 2 fully saturated rings. The molecule has 1 heterocycles. The van der Waals surface area contributed by atoms with Crippen LogP contribution in [0.4, 0.5) is 0 Å². The Hall–Kier alpha value is 0.01000. The molecule has 0 unspecified atom stereocenters. The van der Waals surface area contributed by atoms with Gasteiger partial charge in [-0.2, -0.15) is 0 Å². The lowest BCUT2D eigenvalue weighted by molar-refractivity contribution is -0.148. The summed E-state index contributed by atoms with van der Waals surface area (Å²) in [6.07, 6.45) is 0.701. The van der Waals surface area contributed by atoms with Gasteiger partial charge in [-0.05, 0) is 27.2 Å².